The highest BCUT2D eigenvalue weighted by molar-refractivity contribution is 5.93. The molecule has 0 bridgehead atoms. The van der Waals surface area contributed by atoms with Crippen LogP contribution in [0.1, 0.15) is 32.1 Å². The van der Waals surface area contributed by atoms with Crippen LogP contribution in [0.5, 0.6) is 0 Å². The minimum atomic E-state index is -0.494. The highest BCUT2D eigenvalue weighted by Crippen LogP contribution is 2.27. The average molecular weight is 421 g/mol. The Balaban J connectivity index is 1.68. The molecule has 0 unspecified atom stereocenters. The van der Waals surface area contributed by atoms with Crippen molar-refractivity contribution in [3.8, 4) is 11.1 Å². The first-order valence-corrected chi connectivity index (χ1v) is 10.8. The molecule has 3 aromatic rings. The van der Waals surface area contributed by atoms with Crippen LogP contribution in [-0.4, -0.2) is 26.2 Å². The fourth-order valence-electron chi connectivity index (χ4n) is 4.33. The van der Waals surface area contributed by atoms with Gasteiger partial charge in [0.05, 0.1) is 5.52 Å². The minimum absolute atomic E-state index is 0.133. The van der Waals surface area contributed by atoms with Crippen LogP contribution >= 0.6 is 0 Å². The molecule has 31 heavy (non-hydrogen) atoms. The first-order chi connectivity index (χ1) is 15.0. The van der Waals surface area contributed by atoms with Gasteiger partial charge in [0, 0.05) is 32.4 Å². The Morgan fingerprint density at radius 2 is 1.84 bits per heavy atom. The quantitative estimate of drug-likeness (QED) is 0.623. The number of amides is 1. The van der Waals surface area contributed by atoms with Crippen molar-refractivity contribution in [2.24, 2.45) is 14.1 Å². The van der Waals surface area contributed by atoms with Gasteiger partial charge in [-0.2, -0.15) is 0 Å². The maximum absolute atomic E-state index is 13.0. The highest BCUT2D eigenvalue weighted by atomic mass is 16.2. The van der Waals surface area contributed by atoms with Gasteiger partial charge >= 0.3 is 5.69 Å². The van der Waals surface area contributed by atoms with Crippen LogP contribution in [0.2, 0.25) is 0 Å². The third-order valence-corrected chi connectivity index (χ3v) is 5.99. The molecule has 7 heteroatoms. The standard InChI is InChI=1S/C24H28N4O3/c1-26-15-19(18-11-7-4-8-12-18)21-22(26)23(30)27(2)24(31)28(21)16-20(29)25-14-13-17-9-5-3-6-10-17/h4,7-9,11-12,15H,3,5-6,10,13-14,16H2,1-2H3,(H,25,29). The third kappa shape index (κ3) is 4.13. The lowest BCUT2D eigenvalue weighted by Crippen LogP contribution is -2.41. The molecule has 1 N–H and O–H groups in total. The summed E-state index contributed by atoms with van der Waals surface area (Å²) in [5.41, 5.74) is 3.07. The van der Waals surface area contributed by atoms with Gasteiger partial charge in [0.2, 0.25) is 5.91 Å². The molecular weight excluding hydrogens is 392 g/mol. The summed E-state index contributed by atoms with van der Waals surface area (Å²) >= 11 is 0. The number of aryl methyl sites for hydroxylation is 1. The Morgan fingerprint density at radius 3 is 2.55 bits per heavy atom. The van der Waals surface area contributed by atoms with Crippen molar-refractivity contribution in [1.82, 2.24) is 19.0 Å². The summed E-state index contributed by atoms with van der Waals surface area (Å²) in [4.78, 5) is 38.5. The summed E-state index contributed by atoms with van der Waals surface area (Å²) in [6.45, 7) is 0.418. The van der Waals surface area contributed by atoms with Gasteiger partial charge in [-0.3, -0.25) is 18.7 Å². The van der Waals surface area contributed by atoms with Crippen molar-refractivity contribution in [2.45, 2.75) is 38.6 Å². The van der Waals surface area contributed by atoms with E-state index < -0.39 is 5.69 Å². The van der Waals surface area contributed by atoms with Crippen LogP contribution in [-0.2, 0) is 25.4 Å². The third-order valence-electron chi connectivity index (χ3n) is 5.99. The number of fused-ring (bicyclic) bond motifs is 1. The van der Waals surface area contributed by atoms with Gasteiger partial charge in [-0.1, -0.05) is 42.0 Å². The van der Waals surface area contributed by atoms with Gasteiger partial charge in [-0.05, 0) is 37.7 Å². The van der Waals surface area contributed by atoms with Crippen LogP contribution in [0.3, 0.4) is 0 Å². The fourth-order valence-corrected chi connectivity index (χ4v) is 4.33. The second-order valence-corrected chi connectivity index (χ2v) is 8.16. The van der Waals surface area contributed by atoms with Gasteiger partial charge in [-0.25, -0.2) is 4.79 Å². The van der Waals surface area contributed by atoms with E-state index in [0.29, 0.717) is 17.6 Å². The topological polar surface area (TPSA) is 78.0 Å². The molecule has 0 spiro atoms. The van der Waals surface area contributed by atoms with Crippen LogP contribution in [0.15, 0.2) is 57.8 Å². The lowest BCUT2D eigenvalue weighted by molar-refractivity contribution is -0.121. The fraction of sp³-hybridized carbons (Fsp3) is 0.375. The van der Waals surface area contributed by atoms with E-state index in [1.54, 1.807) is 11.6 Å². The van der Waals surface area contributed by atoms with Crippen LogP contribution in [0, 0.1) is 0 Å². The Bertz CT molecular complexity index is 1260. The maximum Gasteiger partial charge on any atom is 0.331 e. The summed E-state index contributed by atoms with van der Waals surface area (Å²) in [7, 11) is 3.23. The normalized spacial score (nSPS) is 13.9. The minimum Gasteiger partial charge on any atom is -0.354 e. The van der Waals surface area contributed by atoms with Crippen molar-refractivity contribution >= 4 is 16.9 Å². The molecule has 0 radical (unpaired) electrons. The zero-order chi connectivity index (χ0) is 22.0. The Labute approximate surface area is 180 Å². The van der Waals surface area contributed by atoms with Gasteiger partial charge < -0.3 is 9.88 Å². The Morgan fingerprint density at radius 1 is 1.06 bits per heavy atom. The summed E-state index contributed by atoms with van der Waals surface area (Å²) in [5, 5.41) is 2.94. The molecule has 2 heterocycles. The number of allylic oxidation sites excluding steroid dienone is 1. The molecule has 1 aliphatic carbocycles. The molecular formula is C24H28N4O3. The molecule has 1 amide bonds. The summed E-state index contributed by atoms with van der Waals surface area (Å²) in [6.07, 6.45) is 9.61. The molecule has 162 valence electrons. The van der Waals surface area contributed by atoms with E-state index >= 15 is 0 Å². The Kier molecular flexibility index (Phi) is 5.93. The number of rotatable bonds is 6. The number of hydrogen-bond acceptors (Lipinski definition) is 3. The zero-order valence-corrected chi connectivity index (χ0v) is 18.1. The van der Waals surface area contributed by atoms with Crippen molar-refractivity contribution in [3.63, 3.8) is 0 Å². The molecule has 0 saturated heterocycles. The summed E-state index contributed by atoms with van der Waals surface area (Å²) in [6, 6.07) is 9.59. The molecule has 0 saturated carbocycles. The predicted molar refractivity (Wildman–Crippen MR) is 122 cm³/mol. The molecule has 4 rings (SSSR count). The molecule has 0 atom stereocenters. The van der Waals surface area contributed by atoms with Crippen LogP contribution in [0.25, 0.3) is 22.2 Å². The van der Waals surface area contributed by atoms with E-state index in [0.717, 1.165) is 35.0 Å². The molecule has 1 aromatic carbocycles. The van der Waals surface area contributed by atoms with Crippen LogP contribution < -0.4 is 16.6 Å². The van der Waals surface area contributed by atoms with Crippen molar-refractivity contribution in [3.05, 3.63) is 69.0 Å². The van der Waals surface area contributed by atoms with Gasteiger partial charge in [0.15, 0.2) is 0 Å². The van der Waals surface area contributed by atoms with E-state index in [1.165, 1.54) is 30.0 Å². The monoisotopic (exact) mass is 420 g/mol. The number of nitrogens with one attached hydrogen (secondary N) is 1. The first kappa shape index (κ1) is 20.9. The molecule has 1 aliphatic rings. The van der Waals surface area contributed by atoms with E-state index in [-0.39, 0.29) is 18.0 Å². The van der Waals surface area contributed by atoms with Crippen molar-refractivity contribution < 1.29 is 4.79 Å². The number of nitrogens with zero attached hydrogens (tertiary/aromatic N) is 3. The van der Waals surface area contributed by atoms with Crippen molar-refractivity contribution in [2.75, 3.05) is 6.54 Å². The second kappa shape index (κ2) is 8.79. The van der Waals surface area contributed by atoms with Gasteiger partial charge in [0.1, 0.15) is 12.1 Å². The number of benzene rings is 1. The lowest BCUT2D eigenvalue weighted by Gasteiger charge is -2.14. The molecule has 7 nitrogen and oxygen atoms in total. The second-order valence-electron chi connectivity index (χ2n) is 8.16. The summed E-state index contributed by atoms with van der Waals surface area (Å²) in [5.74, 6) is -0.235. The van der Waals surface area contributed by atoms with Gasteiger partial charge in [0.25, 0.3) is 5.56 Å². The summed E-state index contributed by atoms with van der Waals surface area (Å²) < 4.78 is 4.20. The largest absolute Gasteiger partial charge is 0.354 e. The first-order valence-electron chi connectivity index (χ1n) is 10.8. The number of hydrogen-bond donors (Lipinski definition) is 1. The highest BCUT2D eigenvalue weighted by Gasteiger charge is 2.20. The molecule has 2 aromatic heterocycles. The number of carbonyl (C=O) groups excluding carboxylic acids is 1. The van der Waals surface area contributed by atoms with Crippen LogP contribution in [0.4, 0.5) is 0 Å². The van der Waals surface area contributed by atoms with E-state index in [1.807, 2.05) is 36.5 Å². The number of aromatic nitrogens is 3. The average Bonchev–Trinajstić information content (AvgIpc) is 3.13. The predicted octanol–water partition coefficient (Wildman–Crippen LogP) is 2.71. The maximum atomic E-state index is 13.0. The van der Waals surface area contributed by atoms with Crippen molar-refractivity contribution in [1.29, 1.82) is 0 Å². The molecule has 0 aliphatic heterocycles. The SMILES string of the molecule is Cn1c(=O)c2c(c(-c3ccccc3)cn2C)n(CC(=O)NCCC2=CCCCC2)c1=O. The number of carbonyl (C=O) groups is 1. The lowest BCUT2D eigenvalue weighted by atomic mass is 9.97. The zero-order valence-electron chi connectivity index (χ0n) is 18.1. The van der Waals surface area contributed by atoms with E-state index in [9.17, 15) is 14.4 Å². The smallest absolute Gasteiger partial charge is 0.331 e. The van der Waals surface area contributed by atoms with E-state index in [4.69, 9.17) is 0 Å². The molecule has 0 fully saturated rings. The van der Waals surface area contributed by atoms with Gasteiger partial charge in [-0.15, -0.1) is 0 Å². The van der Waals surface area contributed by atoms with E-state index in [2.05, 4.69) is 11.4 Å². The Hall–Kier alpha value is -3.35.